The van der Waals surface area contributed by atoms with Crippen molar-refractivity contribution in [1.82, 2.24) is 5.32 Å². The Labute approximate surface area is 126 Å². The second-order valence-electron chi connectivity index (χ2n) is 4.44. The lowest BCUT2D eigenvalue weighted by Gasteiger charge is -2.18. The Morgan fingerprint density at radius 3 is 2.50 bits per heavy atom. The van der Waals surface area contributed by atoms with Crippen molar-refractivity contribution < 1.29 is 8.78 Å². The molecule has 0 saturated heterocycles. The van der Waals surface area contributed by atoms with Gasteiger partial charge in [-0.1, -0.05) is 41.4 Å². The second-order valence-corrected chi connectivity index (χ2v) is 5.22. The summed E-state index contributed by atoms with van der Waals surface area (Å²) in [6.45, 7) is 0. The molecule has 2 aromatic rings. The molecule has 1 unspecified atom stereocenters. The standard InChI is InChI=1S/C15H13Cl2F2N/c1-20-14(10-3-2-4-12(18)15(10)17)8-9-5-6-11(16)13(19)7-9/h2-7,14,20H,8H2,1H3. The lowest BCUT2D eigenvalue weighted by Crippen LogP contribution is -2.19. The van der Waals surface area contributed by atoms with E-state index in [0.717, 1.165) is 5.56 Å². The number of hydrogen-bond acceptors (Lipinski definition) is 1. The van der Waals surface area contributed by atoms with Gasteiger partial charge in [-0.3, -0.25) is 0 Å². The summed E-state index contributed by atoms with van der Waals surface area (Å²) >= 11 is 11.6. The first-order chi connectivity index (χ1) is 9.52. The number of hydrogen-bond donors (Lipinski definition) is 1. The molecule has 0 spiro atoms. The van der Waals surface area contributed by atoms with Crippen LogP contribution in [0.25, 0.3) is 0 Å². The van der Waals surface area contributed by atoms with E-state index < -0.39 is 11.6 Å². The minimum atomic E-state index is -0.468. The fourth-order valence-electron chi connectivity index (χ4n) is 2.06. The maximum atomic E-state index is 13.5. The molecule has 0 aliphatic carbocycles. The number of rotatable bonds is 4. The van der Waals surface area contributed by atoms with Crippen LogP contribution in [0, 0.1) is 11.6 Å². The summed E-state index contributed by atoms with van der Waals surface area (Å²) in [7, 11) is 1.75. The van der Waals surface area contributed by atoms with Gasteiger partial charge in [0.15, 0.2) is 0 Å². The third-order valence-corrected chi connectivity index (χ3v) is 3.83. The molecule has 5 heteroatoms. The highest BCUT2D eigenvalue weighted by atomic mass is 35.5. The van der Waals surface area contributed by atoms with Crippen molar-refractivity contribution in [3.63, 3.8) is 0 Å². The van der Waals surface area contributed by atoms with Gasteiger partial charge in [0, 0.05) is 6.04 Å². The summed E-state index contributed by atoms with van der Waals surface area (Å²) in [5.74, 6) is -0.934. The maximum absolute atomic E-state index is 13.5. The Hall–Kier alpha value is -1.16. The topological polar surface area (TPSA) is 12.0 Å². The van der Waals surface area contributed by atoms with Gasteiger partial charge < -0.3 is 5.32 Å². The molecular formula is C15H13Cl2F2N. The zero-order valence-corrected chi connectivity index (χ0v) is 12.3. The molecule has 2 rings (SSSR count). The molecule has 0 aliphatic heterocycles. The first-order valence-corrected chi connectivity index (χ1v) is 6.83. The van der Waals surface area contributed by atoms with Crippen LogP contribution in [0.2, 0.25) is 10.0 Å². The summed E-state index contributed by atoms with van der Waals surface area (Å²) in [5.41, 5.74) is 1.40. The molecule has 2 aromatic carbocycles. The first-order valence-electron chi connectivity index (χ1n) is 6.08. The lowest BCUT2D eigenvalue weighted by molar-refractivity contribution is 0.573. The van der Waals surface area contributed by atoms with Crippen molar-refractivity contribution in [2.45, 2.75) is 12.5 Å². The fourth-order valence-corrected chi connectivity index (χ4v) is 2.43. The van der Waals surface area contributed by atoms with Crippen molar-refractivity contribution in [2.75, 3.05) is 7.05 Å². The van der Waals surface area contributed by atoms with Gasteiger partial charge in [-0.15, -0.1) is 0 Å². The van der Waals surface area contributed by atoms with Gasteiger partial charge in [-0.05, 0) is 42.8 Å². The zero-order chi connectivity index (χ0) is 14.7. The van der Waals surface area contributed by atoms with E-state index in [1.807, 2.05) is 0 Å². The molecule has 0 bridgehead atoms. The molecule has 0 aliphatic rings. The number of nitrogens with one attached hydrogen (secondary N) is 1. The van der Waals surface area contributed by atoms with Gasteiger partial charge in [0.25, 0.3) is 0 Å². The van der Waals surface area contributed by atoms with Crippen LogP contribution < -0.4 is 5.32 Å². The van der Waals surface area contributed by atoms with E-state index in [-0.39, 0.29) is 16.1 Å². The van der Waals surface area contributed by atoms with Gasteiger partial charge in [0.2, 0.25) is 0 Å². The Morgan fingerprint density at radius 2 is 1.85 bits per heavy atom. The van der Waals surface area contributed by atoms with Crippen LogP contribution in [0.4, 0.5) is 8.78 Å². The molecule has 1 N–H and O–H groups in total. The quantitative estimate of drug-likeness (QED) is 0.856. The van der Waals surface area contributed by atoms with Crippen LogP contribution in [-0.4, -0.2) is 7.05 Å². The Bertz CT molecular complexity index is 617. The first kappa shape index (κ1) is 15.2. The van der Waals surface area contributed by atoms with Crippen LogP contribution in [-0.2, 0) is 6.42 Å². The highest BCUT2D eigenvalue weighted by Crippen LogP contribution is 2.28. The van der Waals surface area contributed by atoms with Crippen LogP contribution in [0.3, 0.4) is 0 Å². The molecule has 0 fully saturated rings. The smallest absolute Gasteiger partial charge is 0.142 e. The van der Waals surface area contributed by atoms with Crippen LogP contribution in [0.15, 0.2) is 36.4 Å². The Kier molecular flexibility index (Phi) is 4.97. The zero-order valence-electron chi connectivity index (χ0n) is 10.8. The SMILES string of the molecule is CNC(Cc1ccc(Cl)c(F)c1)c1cccc(F)c1Cl. The average Bonchev–Trinajstić information content (AvgIpc) is 2.43. The summed E-state index contributed by atoms with van der Waals surface area (Å²) in [6.07, 6.45) is 0.480. The van der Waals surface area contributed by atoms with Gasteiger partial charge in [0.05, 0.1) is 10.0 Å². The molecule has 0 heterocycles. The summed E-state index contributed by atoms with van der Waals surface area (Å²) in [6, 6.07) is 9.07. The van der Waals surface area contributed by atoms with E-state index in [4.69, 9.17) is 23.2 Å². The Morgan fingerprint density at radius 1 is 1.10 bits per heavy atom. The van der Waals surface area contributed by atoms with Crippen LogP contribution in [0.5, 0.6) is 0 Å². The molecular weight excluding hydrogens is 303 g/mol. The van der Waals surface area contributed by atoms with Gasteiger partial charge >= 0.3 is 0 Å². The monoisotopic (exact) mass is 315 g/mol. The largest absolute Gasteiger partial charge is 0.313 e. The maximum Gasteiger partial charge on any atom is 0.142 e. The second kappa shape index (κ2) is 6.53. The van der Waals surface area contributed by atoms with Crippen molar-refractivity contribution in [2.24, 2.45) is 0 Å². The van der Waals surface area contributed by atoms with Crippen molar-refractivity contribution >= 4 is 23.2 Å². The normalized spacial score (nSPS) is 12.4. The predicted molar refractivity (Wildman–Crippen MR) is 78.3 cm³/mol. The van der Waals surface area contributed by atoms with E-state index in [1.54, 1.807) is 25.2 Å². The molecule has 1 atom stereocenters. The summed E-state index contributed by atoms with van der Waals surface area (Å²) in [4.78, 5) is 0. The lowest BCUT2D eigenvalue weighted by atomic mass is 9.98. The minimum Gasteiger partial charge on any atom is -0.313 e. The predicted octanol–water partition coefficient (Wildman–Crippen LogP) is 4.77. The van der Waals surface area contributed by atoms with E-state index in [0.29, 0.717) is 12.0 Å². The highest BCUT2D eigenvalue weighted by molar-refractivity contribution is 6.31. The van der Waals surface area contributed by atoms with E-state index >= 15 is 0 Å². The average molecular weight is 316 g/mol. The number of halogens is 4. The molecule has 0 amide bonds. The molecule has 0 radical (unpaired) electrons. The third-order valence-electron chi connectivity index (χ3n) is 3.13. The van der Waals surface area contributed by atoms with Gasteiger partial charge in [-0.2, -0.15) is 0 Å². The van der Waals surface area contributed by atoms with Crippen molar-refractivity contribution in [3.05, 3.63) is 69.2 Å². The number of likely N-dealkylation sites (N-methyl/N-ethyl adjacent to an activating group) is 1. The van der Waals surface area contributed by atoms with E-state index in [2.05, 4.69) is 5.32 Å². The summed E-state index contributed by atoms with van der Waals surface area (Å²) in [5, 5.41) is 3.23. The molecule has 0 saturated carbocycles. The molecule has 0 aromatic heterocycles. The van der Waals surface area contributed by atoms with Crippen molar-refractivity contribution in [1.29, 1.82) is 0 Å². The highest BCUT2D eigenvalue weighted by Gasteiger charge is 2.16. The van der Waals surface area contributed by atoms with E-state index in [9.17, 15) is 8.78 Å². The summed E-state index contributed by atoms with van der Waals surface area (Å²) < 4.78 is 26.9. The van der Waals surface area contributed by atoms with Crippen LogP contribution >= 0.6 is 23.2 Å². The van der Waals surface area contributed by atoms with Crippen LogP contribution in [0.1, 0.15) is 17.2 Å². The molecule has 106 valence electrons. The number of benzene rings is 2. The van der Waals surface area contributed by atoms with Crippen molar-refractivity contribution in [3.8, 4) is 0 Å². The fraction of sp³-hybridized carbons (Fsp3) is 0.200. The molecule has 1 nitrogen and oxygen atoms in total. The van der Waals surface area contributed by atoms with Gasteiger partial charge in [0.1, 0.15) is 11.6 Å². The van der Waals surface area contributed by atoms with Gasteiger partial charge in [-0.25, -0.2) is 8.78 Å². The third kappa shape index (κ3) is 3.29. The van der Waals surface area contributed by atoms with E-state index in [1.165, 1.54) is 18.2 Å². The Balaban J connectivity index is 2.28. The minimum absolute atomic E-state index is 0.0820. The molecule has 20 heavy (non-hydrogen) atoms.